The topological polar surface area (TPSA) is 74.6 Å². The molecule has 0 aromatic rings. The van der Waals surface area contributed by atoms with Crippen molar-refractivity contribution in [1.82, 2.24) is 0 Å². The summed E-state index contributed by atoms with van der Waals surface area (Å²) in [6.07, 6.45) is 9.99. The molecule has 0 aliphatic heterocycles. The summed E-state index contributed by atoms with van der Waals surface area (Å²) in [6.45, 7) is 4.63. The fourth-order valence-electron chi connectivity index (χ4n) is 1.35. The van der Waals surface area contributed by atoms with Gasteiger partial charge in [-0.05, 0) is 0 Å². The van der Waals surface area contributed by atoms with Gasteiger partial charge in [-0.15, -0.1) is 0 Å². The monoisotopic (exact) mass is 378 g/mol. The van der Waals surface area contributed by atoms with Gasteiger partial charge in [0.2, 0.25) is 0 Å². The van der Waals surface area contributed by atoms with Crippen LogP contribution >= 0.6 is 0 Å². The smallest absolute Gasteiger partial charge is 0.328 e. The predicted molar refractivity (Wildman–Crippen MR) is 78.8 cm³/mol. The molecule has 0 aromatic carbocycles. The third-order valence-electron chi connectivity index (χ3n) is 2.33. The third kappa shape index (κ3) is 26.9. The summed E-state index contributed by atoms with van der Waals surface area (Å²) in [6, 6.07) is 0. The Hall–Kier alpha value is -0.521. The van der Waals surface area contributed by atoms with Gasteiger partial charge < -0.3 is 10.2 Å². The van der Waals surface area contributed by atoms with Gasteiger partial charge in [-0.2, -0.15) is 0 Å². The molecule has 0 bridgehead atoms. The molecule has 19 heavy (non-hydrogen) atoms. The van der Waals surface area contributed by atoms with Crippen LogP contribution in [0.5, 0.6) is 0 Å². The molecule has 0 saturated heterocycles. The summed E-state index contributed by atoms with van der Waals surface area (Å²) in [7, 11) is 0. The summed E-state index contributed by atoms with van der Waals surface area (Å²) in [4.78, 5) is 19.1. The zero-order valence-electron chi connectivity index (χ0n) is 12.0. The Bertz CT molecular complexity index is 228. The van der Waals surface area contributed by atoms with E-state index in [4.69, 9.17) is 10.2 Å². The molecule has 4 nitrogen and oxygen atoms in total. The van der Waals surface area contributed by atoms with E-state index in [2.05, 4.69) is 13.8 Å². The van der Waals surface area contributed by atoms with Crippen molar-refractivity contribution in [2.45, 2.75) is 61.2 Å². The molecular weight excluding hydrogens is 351 g/mol. The van der Waals surface area contributed by atoms with Gasteiger partial charge in [0.1, 0.15) is 0 Å². The van der Waals surface area contributed by atoms with Crippen molar-refractivity contribution in [2.75, 3.05) is 0 Å². The van der Waals surface area contributed by atoms with Crippen LogP contribution in [0.15, 0.2) is 12.2 Å². The molecule has 0 saturated carbocycles. The number of hydrogen-bond acceptors (Lipinski definition) is 2. The second kappa shape index (κ2) is 17.5. The molecule has 0 aromatic heterocycles. The first-order valence-electron chi connectivity index (χ1n) is 6.89. The van der Waals surface area contributed by atoms with E-state index in [1.165, 1.54) is 32.1 Å². The van der Waals surface area contributed by atoms with Crippen LogP contribution in [0, 0.1) is 0 Å². The fraction of sp³-hybridized carbons (Fsp3) is 0.714. The molecule has 5 heteroatoms. The molecule has 110 valence electrons. The number of unbranched alkanes of at least 4 members (excludes halogenated alkanes) is 5. The van der Waals surface area contributed by atoms with Crippen LogP contribution < -0.4 is 0 Å². The summed E-state index contributed by atoms with van der Waals surface area (Å²) in [5, 5.41) is 15.6. The van der Waals surface area contributed by atoms with Gasteiger partial charge in [-0.25, -0.2) is 9.59 Å². The minimum Gasteiger partial charge on any atom is -0.478 e. The van der Waals surface area contributed by atoms with E-state index in [0.29, 0.717) is 12.2 Å². The molecule has 0 rings (SSSR count). The van der Waals surface area contributed by atoms with Gasteiger partial charge in [-0.3, -0.25) is 0 Å². The van der Waals surface area contributed by atoms with Crippen LogP contribution in [-0.2, 0) is 9.59 Å². The molecule has 0 heterocycles. The Morgan fingerprint density at radius 3 is 1.79 bits per heavy atom. The quantitative estimate of drug-likeness (QED) is 0.347. The number of hydrogen-bond donors (Lipinski definition) is 2. The van der Waals surface area contributed by atoms with E-state index in [9.17, 15) is 9.59 Å². The predicted octanol–water partition coefficient (Wildman–Crippen LogP) is 3.62. The maximum absolute atomic E-state index is 9.55. The number of carboxylic acids is 2. The molecule has 2 radical (unpaired) electrons. The second-order valence-corrected chi connectivity index (χ2v) is 9.00. The normalized spacial score (nSPS) is 10.0. The molecule has 2 N–H and O–H groups in total. The minimum atomic E-state index is -1.26. The van der Waals surface area contributed by atoms with Crippen molar-refractivity contribution in [2.24, 2.45) is 0 Å². The first kappa shape index (κ1) is 20.8. The maximum Gasteiger partial charge on any atom is 0.328 e. The standard InChI is InChI=1S/C8H17.C4H4O4.C2H5.Sn/c1-3-5-7-8-6-4-2;5-3(6)1-2-4(7)8;1-2;/h1,3-8H2,2H3;1-2H,(H,5,6)(H,7,8);1H2,2H3;/b;2-1-;;. The SMILES string of the molecule is CCCCCCC[CH2][Sn][CH2]C.O=C(O)/C=C\C(=O)O. The second-order valence-electron chi connectivity index (χ2n) is 4.13. The summed E-state index contributed by atoms with van der Waals surface area (Å²) in [5.41, 5.74) is 0. The average Bonchev–Trinajstić information content (AvgIpc) is 2.36. The van der Waals surface area contributed by atoms with Gasteiger partial charge in [0.05, 0.1) is 0 Å². The van der Waals surface area contributed by atoms with Crippen LogP contribution in [0.25, 0.3) is 0 Å². The Morgan fingerprint density at radius 1 is 0.895 bits per heavy atom. The fourth-order valence-corrected chi connectivity index (χ4v) is 3.79. The zero-order chi connectivity index (χ0) is 14.9. The van der Waals surface area contributed by atoms with Gasteiger partial charge in [0, 0.05) is 12.2 Å². The third-order valence-corrected chi connectivity index (χ3v) is 5.77. The number of aliphatic carboxylic acids is 2. The van der Waals surface area contributed by atoms with E-state index in [1.807, 2.05) is 0 Å². The summed E-state index contributed by atoms with van der Waals surface area (Å²) < 4.78 is 3.17. The number of carbonyl (C=O) groups is 2. The molecular formula is C14H26O4Sn. The maximum atomic E-state index is 9.55. The van der Waals surface area contributed by atoms with Crippen molar-refractivity contribution >= 4 is 33.1 Å². The van der Waals surface area contributed by atoms with E-state index in [-0.39, 0.29) is 21.1 Å². The van der Waals surface area contributed by atoms with Crippen LogP contribution in [0.1, 0.15) is 52.4 Å². The molecule has 0 spiro atoms. The van der Waals surface area contributed by atoms with Gasteiger partial charge >= 0.3 is 94.3 Å². The molecule has 0 amide bonds. The van der Waals surface area contributed by atoms with E-state index < -0.39 is 11.9 Å². The van der Waals surface area contributed by atoms with E-state index in [1.54, 1.807) is 15.3 Å². The molecule has 0 atom stereocenters. The molecule has 0 unspecified atom stereocenters. The van der Waals surface area contributed by atoms with Gasteiger partial charge in [0.15, 0.2) is 0 Å². The Morgan fingerprint density at radius 2 is 1.37 bits per heavy atom. The van der Waals surface area contributed by atoms with Gasteiger partial charge in [-0.1, -0.05) is 0 Å². The minimum absolute atomic E-state index is 0.146. The van der Waals surface area contributed by atoms with Crippen molar-refractivity contribution in [3.05, 3.63) is 12.2 Å². The van der Waals surface area contributed by atoms with Crippen LogP contribution in [-0.4, -0.2) is 43.3 Å². The van der Waals surface area contributed by atoms with E-state index >= 15 is 0 Å². The van der Waals surface area contributed by atoms with Crippen molar-refractivity contribution in [3.8, 4) is 0 Å². The van der Waals surface area contributed by atoms with Crippen molar-refractivity contribution < 1.29 is 19.8 Å². The Labute approximate surface area is 126 Å². The number of rotatable bonds is 10. The van der Waals surface area contributed by atoms with Gasteiger partial charge in [0.25, 0.3) is 0 Å². The summed E-state index contributed by atoms with van der Waals surface area (Å²) >= 11 is 0.146. The zero-order valence-corrected chi connectivity index (χ0v) is 14.9. The number of carboxylic acid groups (broad SMARTS) is 2. The Balaban J connectivity index is 0. The Kier molecular flexibility index (Phi) is 19.1. The van der Waals surface area contributed by atoms with Crippen LogP contribution in [0.4, 0.5) is 0 Å². The molecule has 0 fully saturated rings. The average molecular weight is 377 g/mol. The van der Waals surface area contributed by atoms with Crippen LogP contribution in [0.3, 0.4) is 0 Å². The van der Waals surface area contributed by atoms with Crippen molar-refractivity contribution in [1.29, 1.82) is 0 Å². The summed E-state index contributed by atoms with van der Waals surface area (Å²) in [5.74, 6) is -2.51. The first-order valence-corrected chi connectivity index (χ1v) is 10.9. The van der Waals surface area contributed by atoms with E-state index in [0.717, 1.165) is 0 Å². The van der Waals surface area contributed by atoms with Crippen molar-refractivity contribution in [3.63, 3.8) is 0 Å². The molecule has 0 aliphatic rings. The largest absolute Gasteiger partial charge is 0.478 e. The van der Waals surface area contributed by atoms with Crippen LogP contribution in [0.2, 0.25) is 8.87 Å². The first-order chi connectivity index (χ1) is 9.04. The molecule has 0 aliphatic carbocycles.